The Morgan fingerprint density at radius 3 is 2.75 bits per heavy atom. The molecule has 0 amide bonds. The second-order valence-electron chi connectivity index (χ2n) is 3.49. The number of nitrogens with two attached hydrogens (primary N) is 1. The fraction of sp³-hybridized carbons (Fsp3) is 0.200. The topological polar surface area (TPSA) is 67.6 Å². The molecule has 0 bridgehead atoms. The fourth-order valence-electron chi connectivity index (χ4n) is 1.29. The Balaban J connectivity index is 2.42. The van der Waals surface area contributed by atoms with Crippen LogP contribution < -0.4 is 5.73 Å². The van der Waals surface area contributed by atoms with Gasteiger partial charge in [-0.3, -0.25) is 5.10 Å². The standard InChI is InChI=1S/C10H10BrFN4/c1-5(13)9-14-10(16-15-9)6-2-7(11)4-8(12)3-6/h2-5H,13H2,1H3,(H,14,15,16). The van der Waals surface area contributed by atoms with E-state index in [1.807, 2.05) is 0 Å². The number of aromatic nitrogens is 3. The van der Waals surface area contributed by atoms with Gasteiger partial charge in [0.25, 0.3) is 0 Å². The summed E-state index contributed by atoms with van der Waals surface area (Å²) < 4.78 is 13.8. The van der Waals surface area contributed by atoms with Crippen molar-refractivity contribution in [3.63, 3.8) is 0 Å². The minimum absolute atomic E-state index is 0.224. The molecule has 3 N–H and O–H groups in total. The van der Waals surface area contributed by atoms with E-state index in [-0.39, 0.29) is 11.9 Å². The molecule has 1 heterocycles. The Bertz CT molecular complexity index is 489. The maximum atomic E-state index is 13.2. The second kappa shape index (κ2) is 4.31. The Labute approximate surface area is 100 Å². The third-order valence-corrected chi connectivity index (χ3v) is 2.51. The molecule has 1 unspecified atom stereocenters. The van der Waals surface area contributed by atoms with Gasteiger partial charge in [-0.2, -0.15) is 5.10 Å². The van der Waals surface area contributed by atoms with E-state index in [0.717, 1.165) is 0 Å². The molecule has 6 heteroatoms. The Morgan fingerprint density at radius 1 is 1.44 bits per heavy atom. The lowest BCUT2D eigenvalue weighted by atomic mass is 10.2. The molecule has 0 aliphatic heterocycles. The molecule has 84 valence electrons. The van der Waals surface area contributed by atoms with E-state index in [9.17, 15) is 4.39 Å². The summed E-state index contributed by atoms with van der Waals surface area (Å²) in [6.07, 6.45) is 0. The number of hydrogen-bond acceptors (Lipinski definition) is 3. The lowest BCUT2D eigenvalue weighted by molar-refractivity contribution is 0.627. The molecule has 2 rings (SSSR count). The number of rotatable bonds is 2. The maximum absolute atomic E-state index is 13.2. The maximum Gasteiger partial charge on any atom is 0.181 e. The average molecular weight is 285 g/mol. The number of halogens is 2. The van der Waals surface area contributed by atoms with Crippen molar-refractivity contribution in [1.29, 1.82) is 0 Å². The second-order valence-corrected chi connectivity index (χ2v) is 4.41. The number of nitrogens with one attached hydrogen (secondary N) is 1. The summed E-state index contributed by atoms with van der Waals surface area (Å²) in [4.78, 5) is 4.18. The third kappa shape index (κ3) is 2.28. The van der Waals surface area contributed by atoms with Crippen molar-refractivity contribution in [1.82, 2.24) is 15.2 Å². The van der Waals surface area contributed by atoms with Crippen LogP contribution in [0.4, 0.5) is 4.39 Å². The van der Waals surface area contributed by atoms with Gasteiger partial charge in [-0.1, -0.05) is 15.9 Å². The van der Waals surface area contributed by atoms with Gasteiger partial charge < -0.3 is 5.73 Å². The van der Waals surface area contributed by atoms with Gasteiger partial charge in [-0.15, -0.1) is 0 Å². The largest absolute Gasteiger partial charge is 0.322 e. The van der Waals surface area contributed by atoms with Crippen molar-refractivity contribution in [2.45, 2.75) is 13.0 Å². The molecule has 4 nitrogen and oxygen atoms in total. The predicted molar refractivity (Wildman–Crippen MR) is 62.1 cm³/mol. The highest BCUT2D eigenvalue weighted by molar-refractivity contribution is 9.10. The molecule has 0 aliphatic rings. The normalized spacial score (nSPS) is 12.8. The van der Waals surface area contributed by atoms with Crippen LogP contribution in [0.1, 0.15) is 18.8 Å². The van der Waals surface area contributed by atoms with Gasteiger partial charge >= 0.3 is 0 Å². The molecule has 1 aromatic heterocycles. The van der Waals surface area contributed by atoms with E-state index >= 15 is 0 Å². The first-order valence-corrected chi connectivity index (χ1v) is 5.50. The van der Waals surface area contributed by atoms with E-state index in [4.69, 9.17) is 5.73 Å². The molecular weight excluding hydrogens is 275 g/mol. The first kappa shape index (κ1) is 11.2. The quantitative estimate of drug-likeness (QED) is 0.890. The van der Waals surface area contributed by atoms with Crippen molar-refractivity contribution in [2.75, 3.05) is 0 Å². The van der Waals surface area contributed by atoms with Crippen LogP contribution in [0, 0.1) is 5.82 Å². The number of H-pyrrole nitrogens is 1. The zero-order chi connectivity index (χ0) is 11.7. The van der Waals surface area contributed by atoms with Gasteiger partial charge in [0, 0.05) is 10.0 Å². The van der Waals surface area contributed by atoms with Gasteiger partial charge in [-0.25, -0.2) is 9.37 Å². The smallest absolute Gasteiger partial charge is 0.181 e. The summed E-state index contributed by atoms with van der Waals surface area (Å²) in [5.41, 5.74) is 6.25. The Hall–Kier alpha value is -1.27. The first-order chi connectivity index (χ1) is 7.56. The van der Waals surface area contributed by atoms with E-state index in [1.54, 1.807) is 13.0 Å². The van der Waals surface area contributed by atoms with Gasteiger partial charge in [0.2, 0.25) is 0 Å². The molecular formula is C10H10BrFN4. The Kier molecular flexibility index (Phi) is 3.02. The molecule has 0 saturated carbocycles. The molecule has 1 atom stereocenters. The number of nitrogens with zero attached hydrogens (tertiary/aromatic N) is 2. The zero-order valence-corrected chi connectivity index (χ0v) is 10.1. The van der Waals surface area contributed by atoms with Crippen LogP contribution >= 0.6 is 15.9 Å². The Morgan fingerprint density at radius 2 is 2.19 bits per heavy atom. The third-order valence-electron chi connectivity index (χ3n) is 2.05. The van der Waals surface area contributed by atoms with Crippen LogP contribution in [0.15, 0.2) is 22.7 Å². The molecule has 0 radical (unpaired) electrons. The van der Waals surface area contributed by atoms with Crippen molar-refractivity contribution in [3.8, 4) is 11.4 Å². The van der Waals surface area contributed by atoms with Crippen molar-refractivity contribution < 1.29 is 4.39 Å². The van der Waals surface area contributed by atoms with Gasteiger partial charge in [-0.05, 0) is 25.1 Å². The molecule has 0 spiro atoms. The summed E-state index contributed by atoms with van der Waals surface area (Å²) in [6.45, 7) is 1.80. The van der Waals surface area contributed by atoms with E-state index < -0.39 is 0 Å². The zero-order valence-electron chi connectivity index (χ0n) is 8.54. The minimum atomic E-state index is -0.337. The van der Waals surface area contributed by atoms with Crippen molar-refractivity contribution >= 4 is 15.9 Å². The average Bonchev–Trinajstić information content (AvgIpc) is 2.64. The summed E-state index contributed by atoms with van der Waals surface area (Å²) in [6, 6.07) is 4.27. The van der Waals surface area contributed by atoms with Crippen LogP contribution in [0.3, 0.4) is 0 Å². The van der Waals surface area contributed by atoms with E-state index in [0.29, 0.717) is 21.7 Å². The lowest BCUT2D eigenvalue weighted by Gasteiger charge is -1.98. The van der Waals surface area contributed by atoms with Crippen molar-refractivity contribution in [3.05, 3.63) is 34.3 Å². The summed E-state index contributed by atoms with van der Waals surface area (Å²) >= 11 is 3.22. The lowest BCUT2D eigenvalue weighted by Crippen LogP contribution is -2.06. The number of hydrogen-bond donors (Lipinski definition) is 2. The van der Waals surface area contributed by atoms with Crippen LogP contribution in [-0.4, -0.2) is 15.2 Å². The van der Waals surface area contributed by atoms with E-state index in [2.05, 4.69) is 31.1 Å². The van der Waals surface area contributed by atoms with Crippen LogP contribution in [0.5, 0.6) is 0 Å². The highest BCUT2D eigenvalue weighted by Crippen LogP contribution is 2.22. The van der Waals surface area contributed by atoms with E-state index in [1.165, 1.54) is 12.1 Å². The van der Waals surface area contributed by atoms with Gasteiger partial charge in [0.1, 0.15) is 11.6 Å². The molecule has 0 aliphatic carbocycles. The van der Waals surface area contributed by atoms with Crippen LogP contribution in [0.2, 0.25) is 0 Å². The molecule has 0 fully saturated rings. The fourth-order valence-corrected chi connectivity index (χ4v) is 1.76. The molecule has 0 saturated heterocycles. The highest BCUT2D eigenvalue weighted by Gasteiger charge is 2.10. The number of aromatic amines is 1. The van der Waals surface area contributed by atoms with Gasteiger partial charge in [0.15, 0.2) is 5.82 Å². The summed E-state index contributed by atoms with van der Waals surface area (Å²) in [5, 5.41) is 6.71. The number of benzene rings is 1. The summed E-state index contributed by atoms with van der Waals surface area (Å²) in [5.74, 6) is 0.680. The molecule has 16 heavy (non-hydrogen) atoms. The van der Waals surface area contributed by atoms with Gasteiger partial charge in [0.05, 0.1) is 6.04 Å². The summed E-state index contributed by atoms with van der Waals surface area (Å²) in [7, 11) is 0. The SMILES string of the molecule is CC(N)c1nc(-c2cc(F)cc(Br)c2)n[nH]1. The highest BCUT2D eigenvalue weighted by atomic mass is 79.9. The van der Waals surface area contributed by atoms with Crippen LogP contribution in [-0.2, 0) is 0 Å². The minimum Gasteiger partial charge on any atom is -0.322 e. The van der Waals surface area contributed by atoms with Crippen LogP contribution in [0.25, 0.3) is 11.4 Å². The van der Waals surface area contributed by atoms with Crippen molar-refractivity contribution in [2.24, 2.45) is 5.73 Å². The molecule has 2 aromatic rings. The first-order valence-electron chi connectivity index (χ1n) is 4.70. The molecule has 1 aromatic carbocycles. The predicted octanol–water partition coefficient (Wildman–Crippen LogP) is 2.39. The monoisotopic (exact) mass is 284 g/mol.